The predicted molar refractivity (Wildman–Crippen MR) is 51.8 cm³/mol. The maximum Gasteiger partial charge on any atom is 0.117 e. The second-order valence-electron chi connectivity index (χ2n) is 3.91. The Hall–Kier alpha value is -0.690. The molecule has 1 aromatic rings. The van der Waals surface area contributed by atoms with E-state index in [4.69, 9.17) is 16.7 Å². The summed E-state index contributed by atoms with van der Waals surface area (Å²) < 4.78 is 0. The lowest BCUT2D eigenvalue weighted by Gasteiger charge is -2.20. The summed E-state index contributed by atoms with van der Waals surface area (Å²) >= 11 is 5.95. The van der Waals surface area contributed by atoms with Crippen LogP contribution in [-0.4, -0.2) is 5.11 Å². The highest BCUT2D eigenvalue weighted by molar-refractivity contribution is 6.31. The largest absolute Gasteiger partial charge is 0.508 e. The Balaban J connectivity index is 3.19. The van der Waals surface area contributed by atoms with Gasteiger partial charge >= 0.3 is 0 Å². The van der Waals surface area contributed by atoms with Crippen molar-refractivity contribution in [3.63, 3.8) is 0 Å². The molecule has 0 radical (unpaired) electrons. The lowest BCUT2D eigenvalue weighted by atomic mass is 9.87. The highest BCUT2D eigenvalue weighted by atomic mass is 35.5. The number of phenols is 1. The fourth-order valence-electron chi connectivity index (χ4n) is 1.11. The van der Waals surface area contributed by atoms with Crippen LogP contribution < -0.4 is 0 Å². The zero-order valence-corrected chi connectivity index (χ0v) is 8.31. The Morgan fingerprint density at radius 3 is 2.25 bits per heavy atom. The van der Waals surface area contributed by atoms with Crippen LogP contribution in [0, 0.1) is 0 Å². The van der Waals surface area contributed by atoms with Crippen LogP contribution in [0.4, 0.5) is 0 Å². The summed E-state index contributed by atoms with van der Waals surface area (Å²) in [6, 6.07) is 5.09. The minimum absolute atomic E-state index is 0.0325. The van der Waals surface area contributed by atoms with Crippen LogP contribution in [-0.2, 0) is 5.41 Å². The Morgan fingerprint density at radius 1 is 1.25 bits per heavy atom. The van der Waals surface area contributed by atoms with Gasteiger partial charge in [-0.2, -0.15) is 0 Å². The van der Waals surface area contributed by atoms with Gasteiger partial charge in [-0.15, -0.1) is 0 Å². The molecule has 0 heterocycles. The van der Waals surface area contributed by atoms with Gasteiger partial charge < -0.3 is 5.11 Å². The van der Waals surface area contributed by atoms with E-state index >= 15 is 0 Å². The van der Waals surface area contributed by atoms with Crippen LogP contribution in [0.1, 0.15) is 26.3 Å². The van der Waals surface area contributed by atoms with Crippen molar-refractivity contribution < 1.29 is 5.11 Å². The molecular weight excluding hydrogens is 172 g/mol. The van der Waals surface area contributed by atoms with Crippen molar-refractivity contribution in [3.05, 3.63) is 28.8 Å². The first-order chi connectivity index (χ1) is 5.41. The number of aromatic hydroxyl groups is 1. The van der Waals surface area contributed by atoms with Gasteiger partial charge in [-0.3, -0.25) is 0 Å². The molecule has 66 valence electrons. The van der Waals surface area contributed by atoms with E-state index in [1.165, 1.54) is 0 Å². The molecule has 0 amide bonds. The standard InChI is InChI=1S/C10H13ClO/c1-10(2,3)8-5-4-7(12)6-9(8)11/h4-6,12H,1-3H3. The van der Waals surface area contributed by atoms with Crippen LogP contribution in [0.15, 0.2) is 18.2 Å². The first kappa shape index (κ1) is 9.40. The number of benzene rings is 1. The molecule has 12 heavy (non-hydrogen) atoms. The molecule has 1 nitrogen and oxygen atoms in total. The van der Waals surface area contributed by atoms with Crippen molar-refractivity contribution in [3.8, 4) is 5.75 Å². The normalized spacial score (nSPS) is 11.7. The lowest BCUT2D eigenvalue weighted by Crippen LogP contribution is -2.11. The first-order valence-electron chi connectivity index (χ1n) is 3.90. The van der Waals surface area contributed by atoms with E-state index in [0.717, 1.165) is 5.56 Å². The molecule has 0 spiro atoms. The van der Waals surface area contributed by atoms with E-state index in [2.05, 4.69) is 20.8 Å². The topological polar surface area (TPSA) is 20.2 Å². The Kier molecular flexibility index (Phi) is 2.34. The predicted octanol–water partition coefficient (Wildman–Crippen LogP) is 3.34. The summed E-state index contributed by atoms with van der Waals surface area (Å²) in [5, 5.41) is 9.75. The number of hydrogen-bond donors (Lipinski definition) is 1. The van der Waals surface area contributed by atoms with Crippen LogP contribution in [0.3, 0.4) is 0 Å². The molecule has 1 N–H and O–H groups in total. The number of hydrogen-bond acceptors (Lipinski definition) is 1. The fraction of sp³-hybridized carbons (Fsp3) is 0.400. The molecule has 2 heteroatoms. The van der Waals surface area contributed by atoms with E-state index in [1.54, 1.807) is 12.1 Å². The fourth-order valence-corrected chi connectivity index (χ4v) is 1.57. The molecule has 0 aromatic heterocycles. The van der Waals surface area contributed by atoms with Crippen molar-refractivity contribution in [1.29, 1.82) is 0 Å². The molecule has 0 saturated carbocycles. The van der Waals surface area contributed by atoms with Gasteiger partial charge in [-0.25, -0.2) is 0 Å². The molecule has 1 aromatic carbocycles. The molecule has 0 aliphatic rings. The summed E-state index contributed by atoms with van der Waals surface area (Å²) in [6.07, 6.45) is 0. The molecule has 0 bridgehead atoms. The first-order valence-corrected chi connectivity index (χ1v) is 4.28. The second-order valence-corrected chi connectivity index (χ2v) is 4.32. The summed E-state index contributed by atoms with van der Waals surface area (Å²) in [6.45, 7) is 6.27. The van der Waals surface area contributed by atoms with Crippen molar-refractivity contribution in [2.45, 2.75) is 26.2 Å². The maximum atomic E-state index is 9.12. The highest BCUT2D eigenvalue weighted by Crippen LogP contribution is 2.31. The summed E-state index contributed by atoms with van der Waals surface area (Å²) in [4.78, 5) is 0. The Morgan fingerprint density at radius 2 is 1.83 bits per heavy atom. The molecule has 0 aliphatic heterocycles. The summed E-state index contributed by atoms with van der Waals surface area (Å²) in [7, 11) is 0. The van der Waals surface area contributed by atoms with E-state index in [0.29, 0.717) is 5.02 Å². The average molecular weight is 185 g/mol. The maximum absolute atomic E-state index is 9.12. The van der Waals surface area contributed by atoms with E-state index in [-0.39, 0.29) is 11.2 Å². The molecule has 0 saturated heterocycles. The van der Waals surface area contributed by atoms with Gasteiger partial charge in [0.25, 0.3) is 0 Å². The number of phenolic OH excluding ortho intramolecular Hbond substituents is 1. The molecule has 0 fully saturated rings. The van der Waals surface area contributed by atoms with Crippen molar-refractivity contribution in [2.24, 2.45) is 0 Å². The van der Waals surface area contributed by atoms with Gasteiger partial charge in [0.15, 0.2) is 0 Å². The molecular formula is C10H13ClO. The SMILES string of the molecule is CC(C)(C)c1ccc(O)cc1Cl. The minimum atomic E-state index is 0.0325. The van der Waals surface area contributed by atoms with E-state index in [1.807, 2.05) is 6.07 Å². The van der Waals surface area contributed by atoms with Gasteiger partial charge in [0.1, 0.15) is 5.75 Å². The number of rotatable bonds is 0. The van der Waals surface area contributed by atoms with Gasteiger partial charge in [-0.05, 0) is 23.1 Å². The molecule has 1 rings (SSSR count). The molecule has 0 unspecified atom stereocenters. The monoisotopic (exact) mass is 184 g/mol. The van der Waals surface area contributed by atoms with Gasteiger partial charge in [-0.1, -0.05) is 38.4 Å². The van der Waals surface area contributed by atoms with E-state index < -0.39 is 0 Å². The Bertz CT molecular complexity index is 286. The third-order valence-electron chi connectivity index (χ3n) is 1.76. The number of halogens is 1. The van der Waals surface area contributed by atoms with Crippen LogP contribution in [0.25, 0.3) is 0 Å². The van der Waals surface area contributed by atoms with E-state index in [9.17, 15) is 0 Å². The van der Waals surface area contributed by atoms with Crippen molar-refractivity contribution in [2.75, 3.05) is 0 Å². The Labute approximate surface area is 78.0 Å². The molecule has 0 atom stereocenters. The molecule has 0 aliphatic carbocycles. The lowest BCUT2D eigenvalue weighted by molar-refractivity contribution is 0.474. The smallest absolute Gasteiger partial charge is 0.117 e. The highest BCUT2D eigenvalue weighted by Gasteiger charge is 2.16. The third kappa shape index (κ3) is 1.92. The average Bonchev–Trinajstić information content (AvgIpc) is 1.83. The van der Waals surface area contributed by atoms with Gasteiger partial charge in [0.05, 0.1) is 0 Å². The van der Waals surface area contributed by atoms with Crippen molar-refractivity contribution in [1.82, 2.24) is 0 Å². The van der Waals surface area contributed by atoms with Gasteiger partial charge in [0, 0.05) is 5.02 Å². The van der Waals surface area contributed by atoms with Crippen LogP contribution in [0.2, 0.25) is 5.02 Å². The quantitative estimate of drug-likeness (QED) is 0.656. The summed E-state index contributed by atoms with van der Waals surface area (Å²) in [5.41, 5.74) is 1.09. The van der Waals surface area contributed by atoms with Crippen LogP contribution >= 0.6 is 11.6 Å². The summed E-state index contributed by atoms with van der Waals surface area (Å²) in [5.74, 6) is 0.216. The zero-order valence-electron chi connectivity index (χ0n) is 7.56. The van der Waals surface area contributed by atoms with Crippen molar-refractivity contribution >= 4 is 11.6 Å². The third-order valence-corrected chi connectivity index (χ3v) is 2.07. The van der Waals surface area contributed by atoms with Crippen LogP contribution in [0.5, 0.6) is 5.75 Å². The second kappa shape index (κ2) is 2.98. The van der Waals surface area contributed by atoms with Gasteiger partial charge in [0.2, 0.25) is 0 Å². The zero-order chi connectivity index (χ0) is 9.35. The minimum Gasteiger partial charge on any atom is -0.508 e.